The Kier molecular flexibility index (Phi) is 1.61. The van der Waals surface area contributed by atoms with Gasteiger partial charge in [0.1, 0.15) is 0 Å². The van der Waals surface area contributed by atoms with Crippen molar-refractivity contribution >= 4 is 11.6 Å². The summed E-state index contributed by atoms with van der Waals surface area (Å²) in [7, 11) is 0. The van der Waals surface area contributed by atoms with E-state index in [4.69, 9.17) is 0 Å². The van der Waals surface area contributed by atoms with Gasteiger partial charge in [0.05, 0.1) is 0 Å². The number of ketones is 2. The van der Waals surface area contributed by atoms with E-state index in [1.54, 1.807) is 0 Å². The summed E-state index contributed by atoms with van der Waals surface area (Å²) in [6.07, 6.45) is 4.12. The Hall–Kier alpha value is -1.44. The highest BCUT2D eigenvalue weighted by molar-refractivity contribution is 6.18. The normalized spacial score (nSPS) is 38.1. The number of hydrogen-bond acceptors (Lipinski definition) is 2. The summed E-state index contributed by atoms with van der Waals surface area (Å²) in [6.45, 7) is 0. The van der Waals surface area contributed by atoms with Crippen LogP contribution in [-0.4, -0.2) is 11.6 Å². The van der Waals surface area contributed by atoms with Crippen LogP contribution in [0.5, 0.6) is 0 Å². The summed E-state index contributed by atoms with van der Waals surface area (Å²) in [5.41, 5.74) is 1.05. The van der Waals surface area contributed by atoms with Crippen molar-refractivity contribution in [2.24, 2.45) is 17.3 Å². The second kappa shape index (κ2) is 2.87. The first-order valence-corrected chi connectivity index (χ1v) is 6.42. The largest absolute Gasteiger partial charge is 0.294 e. The van der Waals surface area contributed by atoms with E-state index in [0.29, 0.717) is 17.0 Å². The van der Waals surface area contributed by atoms with Crippen LogP contribution in [0.3, 0.4) is 0 Å². The maximum Gasteiger partial charge on any atom is 0.170 e. The van der Waals surface area contributed by atoms with Crippen LogP contribution >= 0.6 is 0 Å². The number of fused-ring (bicyclic) bond motifs is 3. The lowest BCUT2D eigenvalue weighted by molar-refractivity contribution is -0.0485. The van der Waals surface area contributed by atoms with Gasteiger partial charge in [0.25, 0.3) is 0 Å². The second-order valence-corrected chi connectivity index (χ2v) is 5.73. The van der Waals surface area contributed by atoms with E-state index in [9.17, 15) is 9.59 Å². The number of carbonyl (C=O) groups is 2. The highest BCUT2D eigenvalue weighted by atomic mass is 16.1. The lowest BCUT2D eigenvalue weighted by Gasteiger charge is -2.59. The fourth-order valence-electron chi connectivity index (χ4n) is 4.35. The van der Waals surface area contributed by atoms with Crippen LogP contribution in [0, 0.1) is 17.3 Å². The van der Waals surface area contributed by atoms with E-state index in [0.717, 1.165) is 25.7 Å². The molecule has 0 unspecified atom stereocenters. The van der Waals surface area contributed by atoms with Gasteiger partial charge in [-0.2, -0.15) is 0 Å². The van der Waals surface area contributed by atoms with Gasteiger partial charge in [0.15, 0.2) is 11.6 Å². The summed E-state index contributed by atoms with van der Waals surface area (Å²) >= 11 is 0. The monoisotopic (exact) mass is 226 g/mol. The molecule has 2 saturated carbocycles. The fourth-order valence-corrected chi connectivity index (χ4v) is 4.35. The first-order valence-electron chi connectivity index (χ1n) is 6.42. The van der Waals surface area contributed by atoms with Gasteiger partial charge in [-0.1, -0.05) is 30.7 Å². The van der Waals surface area contributed by atoms with Crippen LogP contribution in [0.1, 0.15) is 46.4 Å². The van der Waals surface area contributed by atoms with Crippen LogP contribution in [0.4, 0.5) is 0 Å². The van der Waals surface area contributed by atoms with E-state index in [1.165, 1.54) is 0 Å². The van der Waals surface area contributed by atoms with Crippen molar-refractivity contribution in [1.82, 2.24) is 0 Å². The van der Waals surface area contributed by atoms with E-state index in [1.807, 2.05) is 24.3 Å². The smallest absolute Gasteiger partial charge is 0.170 e. The number of Topliss-reactive ketones (excluding diaryl/α,β-unsaturated/α-hetero) is 2. The van der Waals surface area contributed by atoms with Crippen molar-refractivity contribution in [3.05, 3.63) is 35.4 Å². The minimum absolute atomic E-state index is 0.0126. The van der Waals surface area contributed by atoms with Gasteiger partial charge < -0.3 is 0 Å². The Bertz CT molecular complexity index is 542. The molecular weight excluding hydrogens is 212 g/mol. The third-order valence-electron chi connectivity index (χ3n) is 5.06. The lowest BCUT2D eigenvalue weighted by atomic mass is 9.42. The number of rotatable bonds is 0. The molecule has 0 aliphatic heterocycles. The van der Waals surface area contributed by atoms with Gasteiger partial charge in [-0.3, -0.25) is 9.59 Å². The molecular formula is C15H14O2. The van der Waals surface area contributed by atoms with Crippen LogP contribution in [0.25, 0.3) is 0 Å². The Labute approximate surface area is 100 Å². The molecule has 3 aliphatic carbocycles. The summed E-state index contributed by atoms with van der Waals surface area (Å²) in [5.74, 6) is 0.969. The molecule has 0 heterocycles. The fraction of sp³-hybridized carbons (Fsp3) is 0.467. The third-order valence-corrected chi connectivity index (χ3v) is 5.06. The predicted octanol–water partition coefficient (Wildman–Crippen LogP) is 2.87. The van der Waals surface area contributed by atoms with Gasteiger partial charge in [-0.15, -0.1) is 0 Å². The molecule has 3 atom stereocenters. The zero-order valence-electron chi connectivity index (χ0n) is 9.61. The van der Waals surface area contributed by atoms with Crippen molar-refractivity contribution in [3.63, 3.8) is 0 Å². The molecule has 4 rings (SSSR count). The van der Waals surface area contributed by atoms with E-state index < -0.39 is 0 Å². The Morgan fingerprint density at radius 3 is 2.65 bits per heavy atom. The minimum atomic E-state index is -0.297. The maximum atomic E-state index is 12.6. The molecule has 0 radical (unpaired) electrons. The van der Waals surface area contributed by atoms with Crippen molar-refractivity contribution in [1.29, 1.82) is 0 Å². The summed E-state index contributed by atoms with van der Waals surface area (Å²) < 4.78 is 0. The molecule has 17 heavy (non-hydrogen) atoms. The average Bonchev–Trinajstić information content (AvgIpc) is 2.37. The van der Waals surface area contributed by atoms with E-state index in [-0.39, 0.29) is 22.9 Å². The molecule has 0 N–H and O–H groups in total. The molecule has 1 aromatic carbocycles. The summed E-state index contributed by atoms with van der Waals surface area (Å²) in [5, 5.41) is 0. The predicted molar refractivity (Wildman–Crippen MR) is 63.0 cm³/mol. The molecule has 86 valence electrons. The third kappa shape index (κ3) is 0.935. The minimum Gasteiger partial charge on any atom is -0.294 e. The molecule has 2 bridgehead atoms. The Balaban J connectivity index is 1.95. The molecule has 2 fully saturated rings. The zero-order valence-corrected chi connectivity index (χ0v) is 9.61. The topological polar surface area (TPSA) is 34.1 Å². The molecule has 0 amide bonds. The van der Waals surface area contributed by atoms with Gasteiger partial charge in [0, 0.05) is 22.5 Å². The van der Waals surface area contributed by atoms with Crippen molar-refractivity contribution in [2.75, 3.05) is 0 Å². The van der Waals surface area contributed by atoms with Crippen molar-refractivity contribution < 1.29 is 9.59 Å². The number of benzene rings is 1. The zero-order chi connectivity index (χ0) is 11.6. The molecule has 0 aromatic heterocycles. The molecule has 1 aromatic rings. The molecule has 2 nitrogen and oxygen atoms in total. The van der Waals surface area contributed by atoms with Crippen LogP contribution in [-0.2, 0) is 0 Å². The molecule has 2 heteroatoms. The van der Waals surface area contributed by atoms with E-state index in [2.05, 4.69) is 0 Å². The molecule has 1 spiro atoms. The Morgan fingerprint density at radius 1 is 1.12 bits per heavy atom. The average molecular weight is 226 g/mol. The standard InChI is InChI=1S/C15H14O2/c16-13-10-5-1-2-6-11(10)14(17)15-7-3-4-9(8-15)12(13)15/h1-2,5-6,9,12H,3-4,7-8H2/t9-,12-,15-/m1/s1. The second-order valence-electron chi connectivity index (χ2n) is 5.73. The Morgan fingerprint density at radius 2 is 1.88 bits per heavy atom. The number of hydrogen-bond donors (Lipinski definition) is 0. The summed E-state index contributed by atoms with van der Waals surface area (Å²) in [6, 6.07) is 7.36. The maximum absolute atomic E-state index is 12.6. The summed E-state index contributed by atoms with van der Waals surface area (Å²) in [4.78, 5) is 25.1. The molecule has 3 aliphatic rings. The quantitative estimate of drug-likeness (QED) is 0.681. The first-order chi connectivity index (χ1) is 8.24. The van der Waals surface area contributed by atoms with Crippen LogP contribution in [0.2, 0.25) is 0 Å². The van der Waals surface area contributed by atoms with Gasteiger partial charge in [0.2, 0.25) is 0 Å². The van der Waals surface area contributed by atoms with Crippen molar-refractivity contribution in [2.45, 2.75) is 25.7 Å². The van der Waals surface area contributed by atoms with E-state index >= 15 is 0 Å². The number of carbonyl (C=O) groups excluding carboxylic acids is 2. The van der Waals surface area contributed by atoms with Crippen molar-refractivity contribution in [3.8, 4) is 0 Å². The SMILES string of the molecule is O=C1c2ccccc2C(=O)[C@]23CCC[C@H](C2)[C@H]13. The lowest BCUT2D eigenvalue weighted by Crippen LogP contribution is -2.61. The van der Waals surface area contributed by atoms with Gasteiger partial charge in [-0.25, -0.2) is 0 Å². The van der Waals surface area contributed by atoms with Gasteiger partial charge >= 0.3 is 0 Å². The highest BCUT2D eigenvalue weighted by Crippen LogP contribution is 2.64. The first kappa shape index (κ1) is 9.58. The molecule has 0 saturated heterocycles. The van der Waals surface area contributed by atoms with Gasteiger partial charge in [-0.05, 0) is 25.2 Å². The van der Waals surface area contributed by atoms with Crippen LogP contribution in [0.15, 0.2) is 24.3 Å². The highest BCUT2D eigenvalue weighted by Gasteiger charge is 2.65. The van der Waals surface area contributed by atoms with Crippen LogP contribution < -0.4 is 0 Å².